The number of hydrogen-bond acceptors (Lipinski definition) is 3. The minimum atomic E-state index is 0.322. The van der Waals surface area contributed by atoms with Crippen LogP contribution in [0.15, 0.2) is 33.2 Å². The lowest BCUT2D eigenvalue weighted by atomic mass is 10.1. The number of fused-ring (bicyclic) bond motifs is 1. The van der Waals surface area contributed by atoms with Crippen molar-refractivity contribution in [1.82, 2.24) is 10.2 Å². The van der Waals surface area contributed by atoms with E-state index >= 15 is 0 Å². The van der Waals surface area contributed by atoms with Gasteiger partial charge < -0.3 is 9.73 Å². The maximum Gasteiger partial charge on any atom is 0.134 e. The molecule has 3 rings (SSSR count). The van der Waals surface area contributed by atoms with Crippen LogP contribution in [0.1, 0.15) is 25.6 Å². The first-order chi connectivity index (χ1) is 9.19. The minimum Gasteiger partial charge on any atom is -0.459 e. The molecule has 102 valence electrons. The number of rotatable bonds is 4. The van der Waals surface area contributed by atoms with Gasteiger partial charge in [0.2, 0.25) is 0 Å². The molecule has 19 heavy (non-hydrogen) atoms. The van der Waals surface area contributed by atoms with E-state index in [0.29, 0.717) is 12.1 Å². The Balaban J connectivity index is 1.89. The van der Waals surface area contributed by atoms with E-state index in [9.17, 15) is 0 Å². The molecule has 0 radical (unpaired) electrons. The van der Waals surface area contributed by atoms with Gasteiger partial charge in [-0.1, -0.05) is 22.9 Å². The van der Waals surface area contributed by atoms with Crippen molar-refractivity contribution in [2.75, 3.05) is 19.6 Å². The van der Waals surface area contributed by atoms with Crippen LogP contribution >= 0.6 is 15.9 Å². The Morgan fingerprint density at radius 2 is 2.21 bits per heavy atom. The molecule has 1 aromatic heterocycles. The standard InChI is InChI=1S/C15H19BrN2O/c1-3-18(13-8-17-9-13)10(2)15-7-11-6-12(16)4-5-14(11)19-15/h4-7,10,13,17H,3,8-9H2,1-2H3. The lowest BCUT2D eigenvalue weighted by Gasteiger charge is -2.40. The van der Waals surface area contributed by atoms with Crippen LogP contribution in [0.2, 0.25) is 0 Å². The van der Waals surface area contributed by atoms with E-state index in [4.69, 9.17) is 4.42 Å². The third-order valence-corrected chi connectivity index (χ3v) is 4.49. The topological polar surface area (TPSA) is 28.4 Å². The second kappa shape index (κ2) is 5.27. The molecule has 0 amide bonds. The summed E-state index contributed by atoms with van der Waals surface area (Å²) in [7, 11) is 0. The summed E-state index contributed by atoms with van der Waals surface area (Å²) in [5.41, 5.74) is 0.966. The van der Waals surface area contributed by atoms with Gasteiger partial charge in [0.1, 0.15) is 11.3 Å². The largest absolute Gasteiger partial charge is 0.459 e. The molecular formula is C15H19BrN2O. The van der Waals surface area contributed by atoms with Gasteiger partial charge in [-0.3, -0.25) is 4.90 Å². The fourth-order valence-electron chi connectivity index (χ4n) is 2.76. The normalized spacial score (nSPS) is 17.9. The molecule has 1 atom stereocenters. The molecule has 4 heteroatoms. The van der Waals surface area contributed by atoms with Crippen molar-refractivity contribution in [3.8, 4) is 0 Å². The van der Waals surface area contributed by atoms with Gasteiger partial charge >= 0.3 is 0 Å². The zero-order chi connectivity index (χ0) is 13.4. The highest BCUT2D eigenvalue weighted by molar-refractivity contribution is 9.10. The second-order valence-corrected chi connectivity index (χ2v) is 6.07. The summed E-state index contributed by atoms with van der Waals surface area (Å²) in [5.74, 6) is 1.06. The van der Waals surface area contributed by atoms with Crippen molar-refractivity contribution >= 4 is 26.9 Å². The van der Waals surface area contributed by atoms with Crippen molar-refractivity contribution in [2.45, 2.75) is 25.9 Å². The first-order valence-corrected chi connectivity index (χ1v) is 7.63. The van der Waals surface area contributed by atoms with Gasteiger partial charge in [-0.05, 0) is 37.7 Å². The van der Waals surface area contributed by atoms with Gasteiger partial charge in [0.25, 0.3) is 0 Å². The van der Waals surface area contributed by atoms with Crippen molar-refractivity contribution in [2.24, 2.45) is 0 Å². The highest BCUT2D eigenvalue weighted by Gasteiger charge is 2.29. The average Bonchev–Trinajstić information content (AvgIpc) is 2.75. The van der Waals surface area contributed by atoms with E-state index in [1.807, 2.05) is 12.1 Å². The van der Waals surface area contributed by atoms with Crippen LogP contribution in [0.5, 0.6) is 0 Å². The Bertz CT molecular complexity index is 577. The molecule has 1 unspecified atom stereocenters. The minimum absolute atomic E-state index is 0.322. The first-order valence-electron chi connectivity index (χ1n) is 6.84. The van der Waals surface area contributed by atoms with Gasteiger partial charge in [0.05, 0.1) is 6.04 Å². The van der Waals surface area contributed by atoms with Crippen LogP contribution < -0.4 is 5.32 Å². The lowest BCUT2D eigenvalue weighted by molar-refractivity contribution is 0.0988. The van der Waals surface area contributed by atoms with Gasteiger partial charge in [-0.2, -0.15) is 0 Å². The number of halogens is 1. The van der Waals surface area contributed by atoms with Crippen molar-refractivity contribution < 1.29 is 4.42 Å². The first kappa shape index (κ1) is 13.2. The fourth-order valence-corrected chi connectivity index (χ4v) is 3.14. The zero-order valence-corrected chi connectivity index (χ0v) is 12.9. The van der Waals surface area contributed by atoms with E-state index in [-0.39, 0.29) is 0 Å². The van der Waals surface area contributed by atoms with Gasteiger partial charge in [-0.15, -0.1) is 0 Å². The lowest BCUT2D eigenvalue weighted by Crippen LogP contribution is -2.57. The van der Waals surface area contributed by atoms with Crippen molar-refractivity contribution in [3.63, 3.8) is 0 Å². The predicted molar refractivity (Wildman–Crippen MR) is 81.4 cm³/mol. The van der Waals surface area contributed by atoms with Crippen molar-refractivity contribution in [3.05, 3.63) is 34.5 Å². The number of furan rings is 1. The summed E-state index contributed by atoms with van der Waals surface area (Å²) in [6.07, 6.45) is 0. The van der Waals surface area contributed by atoms with Crippen LogP contribution in [0.4, 0.5) is 0 Å². The SMILES string of the molecule is CCN(C1CNC1)C(C)c1cc2cc(Br)ccc2o1. The molecular weight excluding hydrogens is 304 g/mol. The van der Waals surface area contributed by atoms with Gasteiger partial charge in [0, 0.05) is 29.0 Å². The maximum atomic E-state index is 6.00. The molecule has 0 aliphatic carbocycles. The van der Waals surface area contributed by atoms with E-state index in [2.05, 4.69) is 52.1 Å². The number of nitrogens with one attached hydrogen (secondary N) is 1. The molecule has 0 spiro atoms. The average molecular weight is 323 g/mol. The van der Waals surface area contributed by atoms with Crippen LogP contribution in [0, 0.1) is 0 Å². The molecule has 2 aromatic rings. The summed E-state index contributed by atoms with van der Waals surface area (Å²) in [5, 5.41) is 4.50. The van der Waals surface area contributed by atoms with Crippen LogP contribution in [0.3, 0.4) is 0 Å². The summed E-state index contributed by atoms with van der Waals surface area (Å²) < 4.78 is 7.10. The maximum absolute atomic E-state index is 6.00. The molecule has 1 aromatic carbocycles. The highest BCUT2D eigenvalue weighted by Crippen LogP contribution is 2.30. The van der Waals surface area contributed by atoms with E-state index < -0.39 is 0 Å². The number of benzene rings is 1. The monoisotopic (exact) mass is 322 g/mol. The zero-order valence-electron chi connectivity index (χ0n) is 11.3. The Morgan fingerprint density at radius 1 is 1.42 bits per heavy atom. The highest BCUT2D eigenvalue weighted by atomic mass is 79.9. The molecule has 1 fully saturated rings. The predicted octanol–water partition coefficient (Wildman–Crippen LogP) is 3.55. The molecule has 1 N–H and O–H groups in total. The van der Waals surface area contributed by atoms with Crippen LogP contribution in [0.25, 0.3) is 11.0 Å². The summed E-state index contributed by atoms with van der Waals surface area (Å²) in [6, 6.07) is 9.28. The van der Waals surface area contributed by atoms with Crippen molar-refractivity contribution in [1.29, 1.82) is 0 Å². The van der Waals surface area contributed by atoms with E-state index in [1.165, 1.54) is 5.39 Å². The fraction of sp³-hybridized carbons (Fsp3) is 0.467. The molecule has 0 bridgehead atoms. The second-order valence-electron chi connectivity index (χ2n) is 5.15. The molecule has 0 saturated carbocycles. The smallest absolute Gasteiger partial charge is 0.134 e. The van der Waals surface area contributed by atoms with E-state index in [0.717, 1.165) is 35.5 Å². The quantitative estimate of drug-likeness (QED) is 0.933. The van der Waals surface area contributed by atoms with Gasteiger partial charge in [0.15, 0.2) is 0 Å². The summed E-state index contributed by atoms with van der Waals surface area (Å²) >= 11 is 3.50. The number of likely N-dealkylation sites (N-methyl/N-ethyl adjacent to an activating group) is 1. The third kappa shape index (κ3) is 2.45. The Labute approximate surface area is 122 Å². The number of hydrogen-bond donors (Lipinski definition) is 1. The Hall–Kier alpha value is -0.840. The Kier molecular flexibility index (Phi) is 3.65. The third-order valence-electron chi connectivity index (χ3n) is 4.00. The van der Waals surface area contributed by atoms with E-state index in [1.54, 1.807) is 0 Å². The molecule has 2 heterocycles. The Morgan fingerprint density at radius 3 is 2.84 bits per heavy atom. The van der Waals surface area contributed by atoms with Crippen LogP contribution in [-0.4, -0.2) is 30.6 Å². The molecule has 3 nitrogen and oxygen atoms in total. The van der Waals surface area contributed by atoms with Gasteiger partial charge in [-0.25, -0.2) is 0 Å². The molecule has 1 aliphatic heterocycles. The molecule has 1 aliphatic rings. The van der Waals surface area contributed by atoms with Crippen LogP contribution in [-0.2, 0) is 0 Å². The summed E-state index contributed by atoms with van der Waals surface area (Å²) in [6.45, 7) is 7.67. The summed E-state index contributed by atoms with van der Waals surface area (Å²) in [4.78, 5) is 2.50. The molecule has 1 saturated heterocycles. The number of nitrogens with zero attached hydrogens (tertiary/aromatic N) is 1.